The first kappa shape index (κ1) is 18.2. The molecule has 1 atom stereocenters. The van der Waals surface area contributed by atoms with Crippen LogP contribution in [0.4, 0.5) is 4.79 Å². The summed E-state index contributed by atoms with van der Waals surface area (Å²) in [5.41, 5.74) is 10.6. The summed E-state index contributed by atoms with van der Waals surface area (Å²) in [5.74, 6) is 0.484. The monoisotopic (exact) mass is 273 g/mol. The lowest BCUT2D eigenvalue weighted by atomic mass is 10.1. The molecule has 1 heterocycles. The van der Waals surface area contributed by atoms with Gasteiger partial charge in [-0.3, -0.25) is 0 Å². The van der Waals surface area contributed by atoms with Crippen LogP contribution in [0.3, 0.4) is 0 Å². The van der Waals surface area contributed by atoms with E-state index >= 15 is 0 Å². The van der Waals surface area contributed by atoms with Gasteiger partial charge in [0.25, 0.3) is 0 Å². The Balaban J connectivity index is 0.000000342. The van der Waals surface area contributed by atoms with E-state index < -0.39 is 6.03 Å². The first-order chi connectivity index (χ1) is 9.10. The Bertz CT molecular complexity index is 221. The van der Waals surface area contributed by atoms with Crippen molar-refractivity contribution in [3.63, 3.8) is 0 Å². The molecule has 114 valence electrons. The highest BCUT2D eigenvalue weighted by atomic mass is 16.5. The van der Waals surface area contributed by atoms with Crippen molar-refractivity contribution < 1.29 is 9.53 Å². The Morgan fingerprint density at radius 3 is 2.42 bits per heavy atom. The standard InChI is InChI=1S/C9H21N.C5H10N2O2/c1-3-5-6-7-8-9(10)4-2;6-5(8)7-1-4-2-9-3-4/h9H,3-8,10H2,1-2H3;4H,1-3H2,(H3,6,7,8). The number of urea groups is 1. The van der Waals surface area contributed by atoms with Crippen LogP contribution in [0.5, 0.6) is 0 Å². The van der Waals surface area contributed by atoms with Crippen LogP contribution in [-0.4, -0.2) is 31.8 Å². The lowest BCUT2D eigenvalue weighted by Crippen LogP contribution is -2.41. The average Bonchev–Trinajstić information content (AvgIpc) is 2.33. The van der Waals surface area contributed by atoms with Crippen molar-refractivity contribution in [3.8, 4) is 0 Å². The second-order valence-corrected chi connectivity index (χ2v) is 5.17. The summed E-state index contributed by atoms with van der Waals surface area (Å²) < 4.78 is 4.88. The number of rotatable bonds is 8. The van der Waals surface area contributed by atoms with Gasteiger partial charge < -0.3 is 21.5 Å². The third-order valence-electron chi connectivity index (χ3n) is 3.22. The number of hydrogen-bond donors (Lipinski definition) is 3. The van der Waals surface area contributed by atoms with E-state index in [2.05, 4.69) is 19.2 Å². The number of hydrogen-bond acceptors (Lipinski definition) is 3. The first-order valence-electron chi connectivity index (χ1n) is 7.46. The molecule has 1 unspecified atom stereocenters. The second-order valence-electron chi connectivity index (χ2n) is 5.17. The van der Waals surface area contributed by atoms with Crippen molar-refractivity contribution in [3.05, 3.63) is 0 Å². The first-order valence-corrected chi connectivity index (χ1v) is 7.46. The largest absolute Gasteiger partial charge is 0.381 e. The van der Waals surface area contributed by atoms with Gasteiger partial charge in [-0.15, -0.1) is 0 Å². The summed E-state index contributed by atoms with van der Waals surface area (Å²) in [5, 5.41) is 2.51. The van der Waals surface area contributed by atoms with Crippen molar-refractivity contribution >= 4 is 6.03 Å². The number of primary amides is 1. The van der Waals surface area contributed by atoms with E-state index in [0.717, 1.165) is 19.6 Å². The Morgan fingerprint density at radius 1 is 1.32 bits per heavy atom. The molecule has 0 aromatic heterocycles. The summed E-state index contributed by atoms with van der Waals surface area (Å²) in [6.45, 7) is 6.54. The molecule has 0 radical (unpaired) electrons. The zero-order valence-electron chi connectivity index (χ0n) is 12.5. The smallest absolute Gasteiger partial charge is 0.312 e. The van der Waals surface area contributed by atoms with Crippen LogP contribution in [-0.2, 0) is 4.74 Å². The molecule has 19 heavy (non-hydrogen) atoms. The zero-order chi connectivity index (χ0) is 14.5. The fraction of sp³-hybridized carbons (Fsp3) is 0.929. The fourth-order valence-electron chi connectivity index (χ4n) is 1.68. The maximum Gasteiger partial charge on any atom is 0.312 e. The van der Waals surface area contributed by atoms with Crippen LogP contribution < -0.4 is 16.8 Å². The Hall–Kier alpha value is -0.810. The van der Waals surface area contributed by atoms with Gasteiger partial charge in [-0.1, -0.05) is 39.5 Å². The predicted molar refractivity (Wildman–Crippen MR) is 78.9 cm³/mol. The maximum absolute atomic E-state index is 10.1. The molecular weight excluding hydrogens is 242 g/mol. The number of nitrogens with one attached hydrogen (secondary N) is 1. The van der Waals surface area contributed by atoms with Crippen molar-refractivity contribution in [1.29, 1.82) is 0 Å². The number of ether oxygens (including phenoxy) is 1. The quantitative estimate of drug-likeness (QED) is 0.591. The van der Waals surface area contributed by atoms with Gasteiger partial charge in [0, 0.05) is 18.5 Å². The van der Waals surface area contributed by atoms with Gasteiger partial charge in [0.15, 0.2) is 0 Å². The SMILES string of the molecule is CCCCCCC(N)CC.NC(=O)NCC1COC1. The molecule has 0 aromatic carbocycles. The van der Waals surface area contributed by atoms with E-state index in [1.165, 1.54) is 32.1 Å². The number of carbonyl (C=O) groups excluding carboxylic acids is 1. The van der Waals surface area contributed by atoms with E-state index in [1.807, 2.05) is 0 Å². The van der Waals surface area contributed by atoms with Gasteiger partial charge in [0.1, 0.15) is 0 Å². The van der Waals surface area contributed by atoms with Gasteiger partial charge >= 0.3 is 6.03 Å². The lowest BCUT2D eigenvalue weighted by molar-refractivity contribution is -0.0292. The highest BCUT2D eigenvalue weighted by molar-refractivity contribution is 5.71. The van der Waals surface area contributed by atoms with Crippen LogP contribution in [0.15, 0.2) is 0 Å². The zero-order valence-corrected chi connectivity index (χ0v) is 12.5. The summed E-state index contributed by atoms with van der Waals surface area (Å²) in [6, 6.07) is -0.00115. The maximum atomic E-state index is 10.1. The minimum absolute atomic E-state index is 0.455. The van der Waals surface area contributed by atoms with Gasteiger partial charge in [0.2, 0.25) is 0 Å². The Labute approximate surface area is 117 Å². The van der Waals surface area contributed by atoms with Crippen molar-refractivity contribution in [2.45, 2.75) is 58.4 Å². The van der Waals surface area contributed by atoms with Crippen LogP contribution in [0.1, 0.15) is 52.4 Å². The van der Waals surface area contributed by atoms with E-state index in [0.29, 0.717) is 18.5 Å². The Morgan fingerprint density at radius 2 is 2.00 bits per heavy atom. The van der Waals surface area contributed by atoms with Gasteiger partial charge in [-0.05, 0) is 12.8 Å². The molecule has 0 aromatic rings. The molecule has 2 amide bonds. The molecule has 0 saturated carbocycles. The molecule has 1 rings (SSSR count). The summed E-state index contributed by atoms with van der Waals surface area (Å²) in [4.78, 5) is 10.1. The molecule has 5 N–H and O–H groups in total. The minimum atomic E-state index is -0.457. The van der Waals surface area contributed by atoms with Crippen molar-refractivity contribution in [2.24, 2.45) is 17.4 Å². The molecule has 0 bridgehead atoms. The van der Waals surface area contributed by atoms with Gasteiger partial charge in [0.05, 0.1) is 13.2 Å². The highest BCUT2D eigenvalue weighted by Gasteiger charge is 2.17. The van der Waals surface area contributed by atoms with E-state index in [-0.39, 0.29) is 0 Å². The molecular formula is C14H31N3O2. The molecule has 0 aliphatic carbocycles. The van der Waals surface area contributed by atoms with E-state index in [4.69, 9.17) is 16.2 Å². The molecule has 1 fully saturated rings. The van der Waals surface area contributed by atoms with Crippen LogP contribution in [0, 0.1) is 5.92 Å². The molecule has 0 spiro atoms. The highest BCUT2D eigenvalue weighted by Crippen LogP contribution is 2.07. The normalized spacial score (nSPS) is 15.9. The summed E-state index contributed by atoms with van der Waals surface area (Å²) in [6.07, 6.45) is 7.73. The average molecular weight is 273 g/mol. The van der Waals surface area contributed by atoms with Crippen LogP contribution in [0.2, 0.25) is 0 Å². The van der Waals surface area contributed by atoms with E-state index in [9.17, 15) is 4.79 Å². The molecule has 1 aliphatic rings. The number of nitrogens with two attached hydrogens (primary N) is 2. The van der Waals surface area contributed by atoms with Crippen LogP contribution >= 0.6 is 0 Å². The second kappa shape index (κ2) is 12.2. The predicted octanol–water partition coefficient (Wildman–Crippen LogP) is 2.00. The van der Waals surface area contributed by atoms with Crippen molar-refractivity contribution in [2.75, 3.05) is 19.8 Å². The summed E-state index contributed by atoms with van der Waals surface area (Å²) in [7, 11) is 0. The lowest BCUT2D eigenvalue weighted by Gasteiger charge is -2.25. The van der Waals surface area contributed by atoms with Crippen LogP contribution in [0.25, 0.3) is 0 Å². The molecule has 5 heteroatoms. The molecule has 1 saturated heterocycles. The van der Waals surface area contributed by atoms with Gasteiger partial charge in [-0.25, -0.2) is 4.79 Å². The minimum Gasteiger partial charge on any atom is -0.381 e. The summed E-state index contributed by atoms with van der Waals surface area (Å²) >= 11 is 0. The number of unbranched alkanes of at least 4 members (excludes halogenated alkanes) is 3. The Kier molecular flexibility index (Phi) is 11.7. The van der Waals surface area contributed by atoms with Crippen molar-refractivity contribution in [1.82, 2.24) is 5.32 Å². The number of carbonyl (C=O) groups is 1. The topological polar surface area (TPSA) is 90.4 Å². The molecule has 5 nitrogen and oxygen atoms in total. The third-order valence-corrected chi connectivity index (χ3v) is 3.22. The third kappa shape index (κ3) is 12.0. The molecule has 1 aliphatic heterocycles. The fourth-order valence-corrected chi connectivity index (χ4v) is 1.68. The van der Waals surface area contributed by atoms with E-state index in [1.54, 1.807) is 0 Å². The number of amides is 2. The van der Waals surface area contributed by atoms with Gasteiger partial charge in [-0.2, -0.15) is 0 Å².